The van der Waals surface area contributed by atoms with Crippen molar-refractivity contribution in [3.05, 3.63) is 51.0 Å². The van der Waals surface area contributed by atoms with E-state index in [1.807, 2.05) is 6.92 Å². The van der Waals surface area contributed by atoms with Gasteiger partial charge in [0.1, 0.15) is 29.5 Å². The molecule has 4 atom stereocenters. The standard InChI is InChI=1S/C26H32FN3O7/c1-4-11-7-13(10-29-6-5-27)20(31)17-14(11)8-12-9-15-19(30(2)3)22(33)18(25(28)36)24(35)26(15,37)23(34)16(12)21(17)32/h7,12,15,19,29,31,33-34,37H,4-6,8-10H2,1-3H3,(H2,28,36)/t12-,15-,19-,26-/m0/s1. The molecule has 4 rings (SSSR count). The summed E-state index contributed by atoms with van der Waals surface area (Å²) in [5.41, 5.74) is 3.39. The van der Waals surface area contributed by atoms with Crippen molar-refractivity contribution in [1.82, 2.24) is 10.2 Å². The Bertz CT molecular complexity index is 1260. The molecule has 3 aliphatic rings. The summed E-state index contributed by atoms with van der Waals surface area (Å²) in [6.07, 6.45) is 0.820. The number of phenols is 1. The molecule has 3 aliphatic carbocycles. The SMILES string of the molecule is CCc1cc(CNCCF)c(O)c2c1C[C@H]1C[C@H]3[C@H](N(C)C)C(O)=C(C(N)=O)C(=O)[C@@]3(O)C(O)=C1C2=O. The number of aryl methyl sites for hydroxylation is 1. The van der Waals surface area contributed by atoms with E-state index in [2.05, 4.69) is 5.32 Å². The average Bonchev–Trinajstić information content (AvgIpc) is 2.82. The lowest BCUT2D eigenvalue weighted by Crippen LogP contribution is -2.63. The summed E-state index contributed by atoms with van der Waals surface area (Å²) in [5, 5.41) is 47.7. The van der Waals surface area contributed by atoms with Crippen LogP contribution in [0.4, 0.5) is 4.39 Å². The summed E-state index contributed by atoms with van der Waals surface area (Å²) < 4.78 is 12.6. The van der Waals surface area contributed by atoms with Crippen LogP contribution in [0.1, 0.15) is 40.4 Å². The van der Waals surface area contributed by atoms with E-state index in [-0.39, 0.29) is 42.8 Å². The van der Waals surface area contributed by atoms with Crippen LogP contribution in [0.5, 0.6) is 5.75 Å². The fraction of sp³-hybridized carbons (Fsp3) is 0.500. The number of hydrogen-bond donors (Lipinski definition) is 6. The fourth-order valence-corrected chi connectivity index (χ4v) is 6.20. The first-order valence-electron chi connectivity index (χ1n) is 12.2. The number of nitrogens with zero attached hydrogens (tertiary/aromatic N) is 1. The number of benzene rings is 1. The Kier molecular flexibility index (Phi) is 6.91. The zero-order valence-corrected chi connectivity index (χ0v) is 21.0. The summed E-state index contributed by atoms with van der Waals surface area (Å²) >= 11 is 0. The van der Waals surface area contributed by atoms with E-state index >= 15 is 0 Å². The molecule has 0 bridgehead atoms. The second kappa shape index (κ2) is 9.55. The molecule has 1 amide bonds. The number of halogens is 1. The molecule has 10 nitrogen and oxygen atoms in total. The van der Waals surface area contributed by atoms with E-state index in [0.29, 0.717) is 17.5 Å². The van der Waals surface area contributed by atoms with E-state index in [1.165, 1.54) is 4.90 Å². The number of hydrogen-bond acceptors (Lipinski definition) is 9. The highest BCUT2D eigenvalue weighted by Gasteiger charge is 2.63. The topological polar surface area (TPSA) is 173 Å². The second-order valence-corrected chi connectivity index (χ2v) is 10.1. The Morgan fingerprint density at radius 1 is 1.24 bits per heavy atom. The minimum atomic E-state index is -2.67. The molecule has 1 aromatic carbocycles. The van der Waals surface area contributed by atoms with Crippen molar-refractivity contribution in [1.29, 1.82) is 0 Å². The van der Waals surface area contributed by atoms with Crippen LogP contribution in [0.25, 0.3) is 0 Å². The van der Waals surface area contributed by atoms with Gasteiger partial charge in [0.2, 0.25) is 5.78 Å². The summed E-state index contributed by atoms with van der Waals surface area (Å²) in [6, 6.07) is 0.731. The zero-order chi connectivity index (χ0) is 27.4. The quantitative estimate of drug-likeness (QED) is 0.225. The number of primary amides is 1. The number of allylic oxidation sites excluding steroid dienone is 1. The third kappa shape index (κ3) is 3.84. The largest absolute Gasteiger partial charge is 0.510 e. The molecule has 0 aromatic heterocycles. The van der Waals surface area contributed by atoms with E-state index in [1.54, 1.807) is 20.2 Å². The number of aliphatic hydroxyl groups excluding tert-OH is 2. The van der Waals surface area contributed by atoms with Crippen molar-refractivity contribution < 1.29 is 39.2 Å². The fourth-order valence-electron chi connectivity index (χ4n) is 6.20. The molecule has 200 valence electrons. The first kappa shape index (κ1) is 26.8. The Labute approximate surface area is 213 Å². The van der Waals surface area contributed by atoms with Crippen LogP contribution in [0.3, 0.4) is 0 Å². The summed E-state index contributed by atoms with van der Waals surface area (Å²) in [5.74, 6) is -6.77. The van der Waals surface area contributed by atoms with Crippen molar-refractivity contribution in [2.45, 2.75) is 44.4 Å². The van der Waals surface area contributed by atoms with Gasteiger partial charge in [-0.3, -0.25) is 19.3 Å². The number of carbonyl (C=O) groups is 3. The van der Waals surface area contributed by atoms with E-state index in [4.69, 9.17) is 5.73 Å². The van der Waals surface area contributed by atoms with Gasteiger partial charge in [-0.25, -0.2) is 4.39 Å². The van der Waals surface area contributed by atoms with Crippen molar-refractivity contribution in [2.24, 2.45) is 17.6 Å². The number of phenolic OH excluding ortho intramolecular Hbond substituents is 1. The number of amides is 1. The van der Waals surface area contributed by atoms with E-state index < -0.39 is 64.7 Å². The highest BCUT2D eigenvalue weighted by atomic mass is 19.1. The molecular formula is C26H32FN3O7. The van der Waals surface area contributed by atoms with Crippen LogP contribution < -0.4 is 11.1 Å². The van der Waals surface area contributed by atoms with Crippen LogP contribution in [-0.4, -0.2) is 81.8 Å². The van der Waals surface area contributed by atoms with Crippen LogP contribution >= 0.6 is 0 Å². The van der Waals surface area contributed by atoms with Crippen molar-refractivity contribution in [2.75, 3.05) is 27.3 Å². The van der Waals surface area contributed by atoms with Gasteiger partial charge in [0.05, 0.1) is 11.6 Å². The number of Topliss-reactive ketones (excluding diaryl/α,β-unsaturated/α-hetero) is 2. The molecule has 0 aliphatic heterocycles. The number of nitrogens with two attached hydrogens (primary N) is 1. The summed E-state index contributed by atoms with van der Waals surface area (Å²) in [7, 11) is 3.16. The van der Waals surface area contributed by atoms with Gasteiger partial charge in [0.15, 0.2) is 11.4 Å². The van der Waals surface area contributed by atoms with Gasteiger partial charge in [-0.1, -0.05) is 13.0 Å². The van der Waals surface area contributed by atoms with Gasteiger partial charge in [-0.05, 0) is 50.4 Å². The lowest BCUT2D eigenvalue weighted by molar-refractivity contribution is -0.148. The number of likely N-dealkylation sites (N-methyl/N-ethyl adjacent to an activating group) is 1. The number of aliphatic hydroxyl groups is 3. The van der Waals surface area contributed by atoms with Crippen molar-refractivity contribution in [3.63, 3.8) is 0 Å². The number of nitrogens with one attached hydrogen (secondary N) is 1. The molecule has 37 heavy (non-hydrogen) atoms. The predicted octanol–water partition coefficient (Wildman–Crippen LogP) is 0.742. The first-order valence-corrected chi connectivity index (χ1v) is 12.2. The first-order chi connectivity index (χ1) is 17.4. The minimum Gasteiger partial charge on any atom is -0.510 e. The third-order valence-corrected chi connectivity index (χ3v) is 7.86. The van der Waals surface area contributed by atoms with Gasteiger partial charge in [-0.2, -0.15) is 0 Å². The van der Waals surface area contributed by atoms with Gasteiger partial charge in [0, 0.05) is 30.1 Å². The maximum atomic E-state index is 13.8. The summed E-state index contributed by atoms with van der Waals surface area (Å²) in [4.78, 5) is 40.7. The zero-order valence-electron chi connectivity index (χ0n) is 21.0. The van der Waals surface area contributed by atoms with Gasteiger partial charge < -0.3 is 31.5 Å². The number of rotatable bonds is 7. The highest BCUT2D eigenvalue weighted by molar-refractivity contribution is 6.24. The normalized spacial score (nSPS) is 27.4. The number of carbonyl (C=O) groups excluding carboxylic acids is 3. The smallest absolute Gasteiger partial charge is 0.255 e. The predicted molar refractivity (Wildman–Crippen MR) is 131 cm³/mol. The molecule has 7 N–H and O–H groups in total. The monoisotopic (exact) mass is 517 g/mol. The third-order valence-electron chi connectivity index (χ3n) is 7.86. The molecule has 0 radical (unpaired) electrons. The molecular weight excluding hydrogens is 485 g/mol. The molecule has 0 heterocycles. The summed E-state index contributed by atoms with van der Waals surface area (Å²) in [6.45, 7) is 1.46. The highest BCUT2D eigenvalue weighted by Crippen LogP contribution is 2.52. The molecule has 1 aromatic rings. The number of alkyl halides is 1. The lowest BCUT2D eigenvalue weighted by atomic mass is 9.58. The van der Waals surface area contributed by atoms with E-state index in [9.17, 15) is 39.2 Å². The number of ketones is 2. The molecule has 0 spiro atoms. The molecule has 0 saturated carbocycles. The molecule has 0 saturated heterocycles. The average molecular weight is 518 g/mol. The molecule has 11 heteroatoms. The van der Waals surface area contributed by atoms with Gasteiger partial charge in [0.25, 0.3) is 5.91 Å². The van der Waals surface area contributed by atoms with Crippen LogP contribution in [0, 0.1) is 11.8 Å². The molecule has 0 unspecified atom stereocenters. The van der Waals surface area contributed by atoms with Crippen molar-refractivity contribution in [3.8, 4) is 5.75 Å². The lowest BCUT2D eigenvalue weighted by Gasteiger charge is -2.50. The number of aromatic hydroxyl groups is 1. The maximum absolute atomic E-state index is 13.8. The maximum Gasteiger partial charge on any atom is 0.255 e. The van der Waals surface area contributed by atoms with E-state index in [0.717, 1.165) is 5.56 Å². The Hall–Kier alpha value is -3.28. The van der Waals surface area contributed by atoms with Crippen molar-refractivity contribution >= 4 is 17.5 Å². The molecule has 0 fully saturated rings. The van der Waals surface area contributed by atoms with Crippen LogP contribution in [-0.2, 0) is 29.0 Å². The Morgan fingerprint density at radius 3 is 2.49 bits per heavy atom. The van der Waals surface area contributed by atoms with Crippen LogP contribution in [0.15, 0.2) is 28.7 Å². The Balaban J connectivity index is 1.91. The van der Waals surface area contributed by atoms with Crippen LogP contribution in [0.2, 0.25) is 0 Å². The second-order valence-electron chi connectivity index (χ2n) is 10.1. The van der Waals surface area contributed by atoms with Gasteiger partial charge in [-0.15, -0.1) is 0 Å². The Morgan fingerprint density at radius 2 is 1.92 bits per heavy atom. The van der Waals surface area contributed by atoms with Gasteiger partial charge >= 0.3 is 0 Å². The number of fused-ring (bicyclic) bond motifs is 3. The minimum absolute atomic E-state index is 0.0304.